The summed E-state index contributed by atoms with van der Waals surface area (Å²) in [5.41, 5.74) is 0.327. The van der Waals surface area contributed by atoms with Gasteiger partial charge in [0.25, 0.3) is 0 Å². The Hall–Kier alpha value is -1.10. The molecule has 0 aromatic heterocycles. The lowest BCUT2D eigenvalue weighted by molar-refractivity contribution is -0.119. The summed E-state index contributed by atoms with van der Waals surface area (Å²) in [6, 6.07) is 4.67. The van der Waals surface area contributed by atoms with Crippen LogP contribution in [-0.4, -0.2) is 19.0 Å². The van der Waals surface area contributed by atoms with Gasteiger partial charge in [-0.25, -0.2) is 4.39 Å². The SMILES string of the molecule is CC(C)CNC(=O)CNc1ccc(Br)cc1F. The maximum absolute atomic E-state index is 13.4. The van der Waals surface area contributed by atoms with Crippen LogP contribution in [-0.2, 0) is 4.79 Å². The average Bonchev–Trinajstić information content (AvgIpc) is 2.25. The Morgan fingerprint density at radius 3 is 2.76 bits per heavy atom. The molecular weight excluding hydrogens is 287 g/mol. The zero-order valence-electron chi connectivity index (χ0n) is 9.89. The highest BCUT2D eigenvalue weighted by Gasteiger charge is 2.05. The zero-order valence-corrected chi connectivity index (χ0v) is 11.5. The molecule has 1 aromatic carbocycles. The molecule has 0 fully saturated rings. The summed E-state index contributed by atoms with van der Waals surface area (Å²) < 4.78 is 14.1. The minimum atomic E-state index is -0.379. The van der Waals surface area contributed by atoms with E-state index in [1.165, 1.54) is 6.07 Å². The highest BCUT2D eigenvalue weighted by molar-refractivity contribution is 9.10. The number of rotatable bonds is 5. The van der Waals surface area contributed by atoms with E-state index in [2.05, 4.69) is 26.6 Å². The van der Waals surface area contributed by atoms with Crippen molar-refractivity contribution in [2.45, 2.75) is 13.8 Å². The number of hydrogen-bond donors (Lipinski definition) is 2. The van der Waals surface area contributed by atoms with Crippen molar-refractivity contribution in [3.05, 3.63) is 28.5 Å². The molecule has 94 valence electrons. The molecule has 5 heteroatoms. The minimum Gasteiger partial charge on any atom is -0.374 e. The van der Waals surface area contributed by atoms with Gasteiger partial charge in [-0.05, 0) is 24.1 Å². The molecule has 0 radical (unpaired) electrons. The number of hydrogen-bond acceptors (Lipinski definition) is 2. The van der Waals surface area contributed by atoms with Crippen LogP contribution in [0.3, 0.4) is 0 Å². The number of amides is 1. The maximum Gasteiger partial charge on any atom is 0.239 e. The summed E-state index contributed by atoms with van der Waals surface area (Å²) in [6.07, 6.45) is 0. The zero-order chi connectivity index (χ0) is 12.8. The fourth-order valence-electron chi connectivity index (χ4n) is 1.19. The predicted molar refractivity (Wildman–Crippen MR) is 70.4 cm³/mol. The smallest absolute Gasteiger partial charge is 0.239 e. The van der Waals surface area contributed by atoms with Gasteiger partial charge in [-0.3, -0.25) is 4.79 Å². The van der Waals surface area contributed by atoms with Crippen molar-refractivity contribution < 1.29 is 9.18 Å². The molecule has 1 aromatic rings. The van der Waals surface area contributed by atoms with Gasteiger partial charge in [0.2, 0.25) is 5.91 Å². The van der Waals surface area contributed by atoms with Crippen LogP contribution in [0.2, 0.25) is 0 Å². The first-order valence-electron chi connectivity index (χ1n) is 5.44. The van der Waals surface area contributed by atoms with E-state index >= 15 is 0 Å². The average molecular weight is 303 g/mol. The monoisotopic (exact) mass is 302 g/mol. The molecule has 0 heterocycles. The number of anilines is 1. The number of carbonyl (C=O) groups excluding carboxylic acids is 1. The maximum atomic E-state index is 13.4. The van der Waals surface area contributed by atoms with Gasteiger partial charge < -0.3 is 10.6 Å². The third-order valence-electron chi connectivity index (χ3n) is 2.08. The molecule has 1 amide bonds. The summed E-state index contributed by atoms with van der Waals surface area (Å²) in [7, 11) is 0. The Bertz CT molecular complexity index is 396. The molecule has 0 aliphatic carbocycles. The van der Waals surface area contributed by atoms with Crippen LogP contribution in [0.15, 0.2) is 22.7 Å². The fourth-order valence-corrected chi connectivity index (χ4v) is 1.52. The first-order chi connectivity index (χ1) is 7.99. The van der Waals surface area contributed by atoms with Crippen molar-refractivity contribution in [1.29, 1.82) is 0 Å². The van der Waals surface area contributed by atoms with Gasteiger partial charge in [0.05, 0.1) is 12.2 Å². The first kappa shape index (κ1) is 14.0. The second kappa shape index (κ2) is 6.59. The van der Waals surface area contributed by atoms with Gasteiger partial charge in [0.15, 0.2) is 0 Å². The Labute approximate surface area is 109 Å². The molecular formula is C12H16BrFN2O. The van der Waals surface area contributed by atoms with Gasteiger partial charge in [-0.2, -0.15) is 0 Å². The van der Waals surface area contributed by atoms with E-state index in [9.17, 15) is 9.18 Å². The second-order valence-electron chi connectivity index (χ2n) is 4.18. The first-order valence-corrected chi connectivity index (χ1v) is 6.24. The standard InChI is InChI=1S/C12H16BrFN2O/c1-8(2)6-16-12(17)7-15-11-4-3-9(13)5-10(11)14/h3-5,8,15H,6-7H2,1-2H3,(H,16,17). The van der Waals surface area contributed by atoms with Gasteiger partial charge in [-0.1, -0.05) is 29.8 Å². The van der Waals surface area contributed by atoms with E-state index in [0.717, 1.165) is 0 Å². The lowest BCUT2D eigenvalue weighted by Gasteiger charge is -2.10. The largest absolute Gasteiger partial charge is 0.374 e. The second-order valence-corrected chi connectivity index (χ2v) is 5.09. The van der Waals surface area contributed by atoms with E-state index in [4.69, 9.17) is 0 Å². The Kier molecular flexibility index (Phi) is 5.41. The molecule has 1 rings (SSSR count). The molecule has 0 saturated carbocycles. The van der Waals surface area contributed by atoms with Crippen molar-refractivity contribution in [1.82, 2.24) is 5.32 Å². The Morgan fingerprint density at radius 2 is 2.18 bits per heavy atom. The summed E-state index contributed by atoms with van der Waals surface area (Å²) in [5, 5.41) is 5.51. The van der Waals surface area contributed by atoms with Crippen molar-refractivity contribution >= 4 is 27.5 Å². The van der Waals surface area contributed by atoms with Gasteiger partial charge in [0.1, 0.15) is 5.82 Å². The van der Waals surface area contributed by atoms with E-state index in [0.29, 0.717) is 22.6 Å². The van der Waals surface area contributed by atoms with Crippen LogP contribution in [0.25, 0.3) is 0 Å². The van der Waals surface area contributed by atoms with E-state index in [1.54, 1.807) is 12.1 Å². The molecule has 0 bridgehead atoms. The normalized spacial score (nSPS) is 10.4. The van der Waals surface area contributed by atoms with Crippen molar-refractivity contribution in [2.24, 2.45) is 5.92 Å². The van der Waals surface area contributed by atoms with Crippen molar-refractivity contribution in [3.8, 4) is 0 Å². The predicted octanol–water partition coefficient (Wildman–Crippen LogP) is 2.77. The number of benzene rings is 1. The molecule has 0 aliphatic heterocycles. The van der Waals surface area contributed by atoms with Crippen molar-refractivity contribution in [3.63, 3.8) is 0 Å². The fraction of sp³-hybridized carbons (Fsp3) is 0.417. The van der Waals surface area contributed by atoms with E-state index in [-0.39, 0.29) is 18.3 Å². The third kappa shape index (κ3) is 5.17. The molecule has 2 N–H and O–H groups in total. The van der Waals surface area contributed by atoms with E-state index in [1.807, 2.05) is 13.8 Å². The molecule has 3 nitrogen and oxygen atoms in total. The molecule has 0 saturated heterocycles. The van der Waals surface area contributed by atoms with Crippen LogP contribution in [0.4, 0.5) is 10.1 Å². The number of halogens is 2. The minimum absolute atomic E-state index is 0.0747. The molecule has 0 atom stereocenters. The van der Waals surface area contributed by atoms with Crippen molar-refractivity contribution in [2.75, 3.05) is 18.4 Å². The summed E-state index contributed by atoms with van der Waals surface area (Å²) in [6.45, 7) is 4.73. The molecule has 17 heavy (non-hydrogen) atoms. The molecule has 0 spiro atoms. The Balaban J connectivity index is 2.42. The topological polar surface area (TPSA) is 41.1 Å². The lowest BCUT2D eigenvalue weighted by Crippen LogP contribution is -2.32. The van der Waals surface area contributed by atoms with Crippen LogP contribution < -0.4 is 10.6 Å². The van der Waals surface area contributed by atoms with Crippen LogP contribution in [0, 0.1) is 11.7 Å². The summed E-state index contributed by atoms with van der Waals surface area (Å²) in [5.74, 6) is -0.111. The van der Waals surface area contributed by atoms with Gasteiger partial charge in [-0.15, -0.1) is 0 Å². The van der Waals surface area contributed by atoms with Gasteiger partial charge in [0, 0.05) is 11.0 Å². The summed E-state index contributed by atoms with van der Waals surface area (Å²) >= 11 is 3.17. The number of carbonyl (C=O) groups is 1. The summed E-state index contributed by atoms with van der Waals surface area (Å²) in [4.78, 5) is 11.4. The Morgan fingerprint density at radius 1 is 1.47 bits per heavy atom. The molecule has 0 aliphatic rings. The van der Waals surface area contributed by atoms with Crippen LogP contribution in [0.1, 0.15) is 13.8 Å². The highest BCUT2D eigenvalue weighted by Crippen LogP contribution is 2.18. The number of nitrogens with one attached hydrogen (secondary N) is 2. The lowest BCUT2D eigenvalue weighted by atomic mass is 10.2. The van der Waals surface area contributed by atoms with Crippen LogP contribution in [0.5, 0.6) is 0 Å². The molecule has 0 unspecified atom stereocenters. The highest BCUT2D eigenvalue weighted by atomic mass is 79.9. The van der Waals surface area contributed by atoms with E-state index < -0.39 is 0 Å². The quantitative estimate of drug-likeness (QED) is 0.878. The van der Waals surface area contributed by atoms with Gasteiger partial charge >= 0.3 is 0 Å². The van der Waals surface area contributed by atoms with Crippen LogP contribution >= 0.6 is 15.9 Å². The third-order valence-corrected chi connectivity index (χ3v) is 2.57.